The van der Waals surface area contributed by atoms with Gasteiger partial charge in [-0.15, -0.1) is 0 Å². The van der Waals surface area contributed by atoms with Crippen molar-refractivity contribution in [2.45, 2.75) is 109 Å². The number of benzene rings is 2. The quantitative estimate of drug-likeness (QED) is 0.0644. The fourth-order valence-corrected chi connectivity index (χ4v) is 9.83. The first-order valence-corrected chi connectivity index (χ1v) is 22.1. The Hall–Kier alpha value is -4.82. The van der Waals surface area contributed by atoms with E-state index in [1.807, 2.05) is 42.6 Å². The van der Waals surface area contributed by atoms with Gasteiger partial charge in [-0.05, 0) is 121 Å². The minimum Gasteiger partial charge on any atom is -0.504 e. The van der Waals surface area contributed by atoms with Gasteiger partial charge in [-0.2, -0.15) is 0 Å². The number of phenols is 1. The van der Waals surface area contributed by atoms with Crippen LogP contribution >= 0.6 is 0 Å². The third-order valence-corrected chi connectivity index (χ3v) is 12.9. The summed E-state index contributed by atoms with van der Waals surface area (Å²) in [6, 6.07) is 15.7. The molecule has 2 heterocycles. The van der Waals surface area contributed by atoms with Crippen LogP contribution in [0.15, 0.2) is 78.3 Å². The van der Waals surface area contributed by atoms with E-state index in [2.05, 4.69) is 53.4 Å². The number of aromatic amines is 1. The number of hydrogen-bond acceptors (Lipinski definition) is 9. The summed E-state index contributed by atoms with van der Waals surface area (Å²) in [7, 11) is 1.51. The summed E-state index contributed by atoms with van der Waals surface area (Å²) in [5, 5.41) is 39.4. The van der Waals surface area contributed by atoms with Gasteiger partial charge in [0.25, 0.3) is 0 Å². The number of methoxy groups -OCH3 is 1. The first-order valence-electron chi connectivity index (χ1n) is 22.1. The van der Waals surface area contributed by atoms with Crippen LogP contribution in [0.2, 0.25) is 0 Å². The average molecular weight is 819 g/mol. The second-order valence-corrected chi connectivity index (χ2v) is 17.6. The zero-order chi connectivity index (χ0) is 42.8. The average Bonchev–Trinajstić information content (AvgIpc) is 3.61. The van der Waals surface area contributed by atoms with E-state index >= 15 is 0 Å². The number of ketones is 2. The predicted octanol–water partition coefficient (Wildman–Crippen LogP) is 6.80. The number of aryl methyl sites for hydroxylation is 1. The van der Waals surface area contributed by atoms with Crippen LogP contribution in [0.25, 0.3) is 0 Å². The maximum Gasteiger partial charge on any atom is 0.160 e. The largest absolute Gasteiger partial charge is 0.504 e. The molecule has 6 rings (SSSR count). The molecule has 1 saturated carbocycles. The zero-order valence-electron chi connectivity index (χ0n) is 35.9. The molecule has 3 aliphatic rings. The highest BCUT2D eigenvalue weighted by Gasteiger charge is 2.41. The number of aliphatic hydroxyl groups is 2. The number of H-pyrrole nitrogens is 1. The van der Waals surface area contributed by atoms with Gasteiger partial charge in [0, 0.05) is 56.2 Å². The van der Waals surface area contributed by atoms with Crippen molar-refractivity contribution in [2.75, 3.05) is 26.7 Å². The molecular formula is C50H66N4O6. The molecule has 2 aromatic carbocycles. The van der Waals surface area contributed by atoms with Crippen molar-refractivity contribution < 1.29 is 29.6 Å². The lowest BCUT2D eigenvalue weighted by molar-refractivity contribution is -0.130. The lowest BCUT2D eigenvalue weighted by Gasteiger charge is -2.33. The van der Waals surface area contributed by atoms with Crippen LogP contribution in [0, 0.1) is 41.4 Å². The van der Waals surface area contributed by atoms with Crippen LogP contribution in [0.3, 0.4) is 0 Å². The van der Waals surface area contributed by atoms with Crippen molar-refractivity contribution in [1.29, 1.82) is 0 Å². The van der Waals surface area contributed by atoms with Gasteiger partial charge in [-0.3, -0.25) is 9.59 Å². The topological polar surface area (TPSA) is 170 Å². The number of dihydropyridines is 1. The molecule has 0 radical (unpaired) electrons. The molecule has 0 bridgehead atoms. The van der Waals surface area contributed by atoms with Crippen molar-refractivity contribution in [2.24, 2.45) is 35.3 Å². The van der Waals surface area contributed by atoms with E-state index < -0.39 is 24.0 Å². The summed E-state index contributed by atoms with van der Waals surface area (Å²) in [5.41, 5.74) is 12.2. The molecule has 9 atom stereocenters. The fraction of sp³-hybridized carbons (Fsp3) is 0.520. The van der Waals surface area contributed by atoms with Crippen LogP contribution in [0.4, 0.5) is 0 Å². The Balaban J connectivity index is 1.37. The van der Waals surface area contributed by atoms with Crippen molar-refractivity contribution in [3.05, 3.63) is 106 Å². The number of hydrogen-bond donors (Lipinski definition) is 7. The van der Waals surface area contributed by atoms with Gasteiger partial charge < -0.3 is 41.4 Å². The van der Waals surface area contributed by atoms with E-state index in [1.165, 1.54) is 7.11 Å². The molecule has 0 saturated heterocycles. The van der Waals surface area contributed by atoms with Crippen molar-refractivity contribution in [3.63, 3.8) is 0 Å². The molecule has 8 N–H and O–H groups in total. The number of nitrogens with one attached hydrogen (secondary N) is 3. The van der Waals surface area contributed by atoms with Gasteiger partial charge in [0.15, 0.2) is 11.5 Å². The van der Waals surface area contributed by atoms with Crippen LogP contribution in [-0.2, 0) is 22.4 Å². The molecular weight excluding hydrogens is 753 g/mol. The molecule has 0 spiro atoms. The third-order valence-electron chi connectivity index (χ3n) is 12.9. The zero-order valence-corrected chi connectivity index (χ0v) is 35.9. The Bertz CT molecular complexity index is 2040. The van der Waals surface area contributed by atoms with Gasteiger partial charge in [0.2, 0.25) is 0 Å². The minimum absolute atomic E-state index is 0.0146. The number of aromatic nitrogens is 1. The SMILES string of the molecule is CCC[C@@H]([C@H]1C[C@H](CC2=CCNC(N)=C2)C[C@H]2C#C[C@H](c3ccccc3)c3cc(O)c(OC)cc3CCC(=O)CC(=O)[C@@H]2C1)[C@H](O)Cc1cc([C@H](C)CNC[C@H](C)O)c[nH]1. The van der Waals surface area contributed by atoms with Gasteiger partial charge in [-0.1, -0.05) is 68.5 Å². The summed E-state index contributed by atoms with van der Waals surface area (Å²) < 4.78 is 5.49. The Kier molecular flexibility index (Phi) is 15.7. The van der Waals surface area contributed by atoms with Crippen LogP contribution in [0.1, 0.15) is 112 Å². The lowest BCUT2D eigenvalue weighted by Crippen LogP contribution is -2.33. The Labute approximate surface area is 356 Å². The number of carbonyl (C=O) groups is 2. The van der Waals surface area contributed by atoms with Crippen molar-refractivity contribution in [1.82, 2.24) is 15.6 Å². The molecule has 60 heavy (non-hydrogen) atoms. The number of Topliss-reactive ketones (excluding diaryl/α,β-unsaturated/α-hetero) is 2. The van der Waals surface area contributed by atoms with E-state index in [4.69, 9.17) is 10.5 Å². The lowest BCUT2D eigenvalue weighted by atomic mass is 9.73. The first kappa shape index (κ1) is 44.7. The highest BCUT2D eigenvalue weighted by Crippen LogP contribution is 2.45. The molecule has 0 amide bonds. The van der Waals surface area contributed by atoms with Crippen LogP contribution in [-0.4, -0.2) is 70.8 Å². The van der Waals surface area contributed by atoms with Gasteiger partial charge in [0.1, 0.15) is 11.6 Å². The standard InChI is InChI=1S/C50H66N4O6/c1-5-9-43(46(57)25-40-22-39(30-54-40)31(2)28-52-29-32(3)55)38-20-34(18-33-16-17-53-50(51)21-33)19-36-13-15-42(35-10-7-6-8-11-35)44-27-48(59)49(60-4)24-37(44)12-14-41(56)26-47(58)45(36)23-38/h6-8,10-11,16,21-22,24,27,30-32,34,36,38,42-43,45-46,52-55,57,59H,5,9,12,14,17-20,23,25-26,28-29,51H2,1-4H3/t31-,32+,34-,36-,38+,42-,43+,45-,46-/m1/s1. The number of fused-ring (bicyclic) bond motifs is 2. The van der Waals surface area contributed by atoms with Crippen molar-refractivity contribution in [3.8, 4) is 23.3 Å². The molecule has 1 fully saturated rings. The smallest absolute Gasteiger partial charge is 0.160 e. The Morgan fingerprint density at radius 2 is 1.82 bits per heavy atom. The molecule has 322 valence electrons. The van der Waals surface area contributed by atoms with Crippen LogP contribution in [0.5, 0.6) is 11.5 Å². The van der Waals surface area contributed by atoms with Gasteiger partial charge >= 0.3 is 0 Å². The Morgan fingerprint density at radius 1 is 1.02 bits per heavy atom. The monoisotopic (exact) mass is 818 g/mol. The number of aromatic hydroxyl groups is 1. The van der Waals surface area contributed by atoms with E-state index in [9.17, 15) is 24.9 Å². The molecule has 1 aromatic heterocycles. The normalized spacial score (nSPS) is 24.3. The highest BCUT2D eigenvalue weighted by molar-refractivity contribution is 6.00. The number of phenolic OH excluding ortho intramolecular Hbond substituents is 1. The number of nitrogens with two attached hydrogens (primary N) is 1. The summed E-state index contributed by atoms with van der Waals surface area (Å²) in [6.07, 6.45) is 10.5. The number of carbonyl (C=O) groups excluding carboxylic acids is 2. The van der Waals surface area contributed by atoms with Gasteiger partial charge in [0.05, 0.1) is 37.5 Å². The van der Waals surface area contributed by atoms with Crippen molar-refractivity contribution >= 4 is 11.6 Å². The molecule has 0 unspecified atom stereocenters. The highest BCUT2D eigenvalue weighted by atomic mass is 16.5. The summed E-state index contributed by atoms with van der Waals surface area (Å²) >= 11 is 0. The second-order valence-electron chi connectivity index (χ2n) is 17.6. The second kappa shape index (κ2) is 21.1. The van der Waals surface area contributed by atoms with Gasteiger partial charge in [-0.25, -0.2) is 0 Å². The minimum atomic E-state index is -0.645. The number of rotatable bonds is 15. The maximum absolute atomic E-state index is 14.6. The van der Waals surface area contributed by atoms with E-state index in [0.29, 0.717) is 50.3 Å². The predicted molar refractivity (Wildman–Crippen MR) is 236 cm³/mol. The number of aliphatic hydroxyl groups excluding tert-OH is 2. The molecule has 3 aromatic rings. The molecule has 10 heteroatoms. The number of allylic oxidation sites excluding steroid dienone is 2. The summed E-state index contributed by atoms with van der Waals surface area (Å²) in [5.74, 6) is 7.26. The number of ether oxygens (including phenoxy) is 1. The third kappa shape index (κ3) is 11.7. The molecule has 10 nitrogen and oxygen atoms in total. The first-order chi connectivity index (χ1) is 28.9. The fourth-order valence-electron chi connectivity index (χ4n) is 9.83. The Morgan fingerprint density at radius 3 is 2.55 bits per heavy atom. The van der Waals surface area contributed by atoms with E-state index in [1.54, 1.807) is 19.1 Å². The molecule has 1 aliphatic heterocycles. The van der Waals surface area contributed by atoms with E-state index in [0.717, 1.165) is 65.7 Å². The summed E-state index contributed by atoms with van der Waals surface area (Å²) in [4.78, 5) is 31.8. The summed E-state index contributed by atoms with van der Waals surface area (Å²) in [6.45, 7) is 7.99. The van der Waals surface area contributed by atoms with Crippen LogP contribution < -0.4 is 21.1 Å². The maximum atomic E-state index is 14.6. The molecule has 2 aliphatic carbocycles. The van der Waals surface area contributed by atoms with E-state index in [-0.39, 0.29) is 59.7 Å².